The predicted octanol–water partition coefficient (Wildman–Crippen LogP) is 17.1. The third kappa shape index (κ3) is 7.05. The highest BCUT2D eigenvalue weighted by atomic mass is 32.1. The monoisotopic (exact) mass is 848 g/mol. The molecule has 0 N–H and O–H groups in total. The van der Waals surface area contributed by atoms with Crippen LogP contribution < -0.4 is 9.80 Å². The van der Waals surface area contributed by atoms with Crippen LogP contribution in [0.2, 0.25) is 0 Å². The number of hydrogen-bond donors (Lipinski definition) is 0. The number of anilines is 6. The second kappa shape index (κ2) is 16.4. The summed E-state index contributed by atoms with van der Waals surface area (Å²) in [7, 11) is 0. The number of aromatic nitrogens is 2. The summed E-state index contributed by atoms with van der Waals surface area (Å²) in [6.45, 7) is 0. The largest absolute Gasteiger partial charge is 0.309 e. The van der Waals surface area contributed by atoms with Crippen molar-refractivity contribution in [2.45, 2.75) is 0 Å². The highest BCUT2D eigenvalue weighted by molar-refractivity contribution is 7.25. The van der Waals surface area contributed by atoms with Gasteiger partial charge >= 0.3 is 0 Å². The summed E-state index contributed by atoms with van der Waals surface area (Å²) in [5, 5.41) is 7.28. The molecule has 5 heteroatoms. The lowest BCUT2D eigenvalue weighted by molar-refractivity contribution is 1.21. The molecule has 0 amide bonds. The van der Waals surface area contributed by atoms with Gasteiger partial charge in [-0.1, -0.05) is 152 Å². The third-order valence-corrected chi connectivity index (χ3v) is 13.4. The molecule has 0 aliphatic rings. The van der Waals surface area contributed by atoms with E-state index in [-0.39, 0.29) is 0 Å². The van der Waals surface area contributed by atoms with E-state index in [1.165, 1.54) is 47.3 Å². The van der Waals surface area contributed by atoms with Gasteiger partial charge in [0.15, 0.2) is 0 Å². The van der Waals surface area contributed by atoms with Crippen LogP contribution in [0.1, 0.15) is 0 Å². The second-order valence-corrected chi connectivity index (χ2v) is 17.3. The van der Waals surface area contributed by atoms with Gasteiger partial charge in [0.25, 0.3) is 0 Å². The molecule has 12 rings (SSSR count). The number of nitrogens with zero attached hydrogens (tertiary/aromatic N) is 4. The summed E-state index contributed by atoms with van der Waals surface area (Å²) >= 11 is 1.84. The van der Waals surface area contributed by atoms with E-state index in [9.17, 15) is 0 Å². The minimum atomic E-state index is 0.929. The zero-order chi connectivity index (χ0) is 43.1. The van der Waals surface area contributed by atoms with E-state index < -0.39 is 0 Å². The molecule has 12 aromatic rings. The van der Waals surface area contributed by atoms with Gasteiger partial charge < -0.3 is 9.80 Å². The molecule has 0 saturated heterocycles. The first-order chi connectivity index (χ1) is 32.2. The zero-order valence-electron chi connectivity index (χ0n) is 35.3. The van der Waals surface area contributed by atoms with Crippen molar-refractivity contribution >= 4 is 87.2 Å². The van der Waals surface area contributed by atoms with Crippen LogP contribution in [0.3, 0.4) is 0 Å². The van der Waals surface area contributed by atoms with Crippen molar-refractivity contribution in [1.82, 2.24) is 9.97 Å². The van der Waals surface area contributed by atoms with E-state index in [2.05, 4.69) is 240 Å². The molecule has 0 unspecified atom stereocenters. The minimum Gasteiger partial charge on any atom is -0.309 e. The molecule has 0 radical (unpaired) electrons. The van der Waals surface area contributed by atoms with Crippen LogP contribution in [0.25, 0.3) is 75.4 Å². The Labute approximate surface area is 381 Å². The Balaban J connectivity index is 1.07. The molecule has 0 spiro atoms. The van der Waals surface area contributed by atoms with Gasteiger partial charge in [0.05, 0.1) is 35.2 Å². The average molecular weight is 849 g/mol. The van der Waals surface area contributed by atoms with Gasteiger partial charge in [-0.25, -0.2) is 0 Å². The molecule has 0 atom stereocenters. The van der Waals surface area contributed by atoms with Crippen LogP contribution in [0.15, 0.2) is 243 Å². The smallest absolute Gasteiger partial charge is 0.0709 e. The molecule has 306 valence electrons. The molecule has 3 aromatic heterocycles. The van der Waals surface area contributed by atoms with Crippen molar-refractivity contribution < 1.29 is 0 Å². The first-order valence-corrected chi connectivity index (χ1v) is 22.7. The Morgan fingerprint density at radius 3 is 1.29 bits per heavy atom. The predicted molar refractivity (Wildman–Crippen MR) is 276 cm³/mol. The first kappa shape index (κ1) is 38.3. The van der Waals surface area contributed by atoms with E-state index in [1.54, 1.807) is 0 Å². The Hall–Kier alpha value is -8.38. The highest BCUT2D eigenvalue weighted by Gasteiger charge is 2.22. The van der Waals surface area contributed by atoms with Crippen molar-refractivity contribution in [3.8, 4) is 33.6 Å². The van der Waals surface area contributed by atoms with Gasteiger partial charge in [0, 0.05) is 54.0 Å². The van der Waals surface area contributed by atoms with Crippen LogP contribution >= 0.6 is 11.3 Å². The summed E-state index contributed by atoms with van der Waals surface area (Å²) in [5.74, 6) is 0. The lowest BCUT2D eigenvalue weighted by Gasteiger charge is -2.30. The fourth-order valence-electron chi connectivity index (χ4n) is 9.33. The van der Waals surface area contributed by atoms with E-state index >= 15 is 0 Å². The molecule has 4 nitrogen and oxygen atoms in total. The normalized spacial score (nSPS) is 11.4. The topological polar surface area (TPSA) is 32.3 Å². The number of hydrogen-bond acceptors (Lipinski definition) is 5. The summed E-state index contributed by atoms with van der Waals surface area (Å²) < 4.78 is 2.54. The van der Waals surface area contributed by atoms with Crippen LogP contribution in [0.5, 0.6) is 0 Å². The van der Waals surface area contributed by atoms with Crippen molar-refractivity contribution in [3.63, 3.8) is 0 Å². The number of pyridine rings is 2. The van der Waals surface area contributed by atoms with Gasteiger partial charge in [-0.2, -0.15) is 0 Å². The number of rotatable bonds is 9. The molecule has 0 aliphatic carbocycles. The average Bonchev–Trinajstić information content (AvgIpc) is 3.76. The second-order valence-electron chi connectivity index (χ2n) is 16.2. The molecule has 3 heterocycles. The molecule has 0 fully saturated rings. The quantitative estimate of drug-likeness (QED) is 0.145. The van der Waals surface area contributed by atoms with Crippen LogP contribution in [-0.2, 0) is 0 Å². The summed E-state index contributed by atoms with van der Waals surface area (Å²) in [6.07, 6.45) is 4.02. The maximum atomic E-state index is 5.17. The lowest BCUT2D eigenvalue weighted by Crippen LogP contribution is -2.14. The van der Waals surface area contributed by atoms with Crippen molar-refractivity contribution in [3.05, 3.63) is 243 Å². The van der Waals surface area contributed by atoms with Gasteiger partial charge in [0.2, 0.25) is 0 Å². The number of fused-ring (bicyclic) bond motifs is 5. The first-order valence-electron chi connectivity index (χ1n) is 21.9. The molecular weight excluding hydrogens is 809 g/mol. The summed E-state index contributed by atoms with van der Waals surface area (Å²) in [4.78, 5) is 15.0. The Morgan fingerprint density at radius 1 is 0.308 bits per heavy atom. The van der Waals surface area contributed by atoms with E-state index in [0.29, 0.717) is 0 Å². The van der Waals surface area contributed by atoms with Crippen molar-refractivity contribution in [1.29, 1.82) is 0 Å². The molecule has 0 saturated carbocycles. The van der Waals surface area contributed by atoms with Crippen molar-refractivity contribution in [2.24, 2.45) is 0 Å². The van der Waals surface area contributed by atoms with E-state index in [0.717, 1.165) is 62.2 Å². The number of thiophene rings is 1. The van der Waals surface area contributed by atoms with E-state index in [4.69, 9.17) is 9.97 Å². The summed E-state index contributed by atoms with van der Waals surface area (Å²) in [5.41, 5.74) is 12.3. The molecule has 0 aliphatic heterocycles. The Kier molecular flexibility index (Phi) is 9.66. The fourth-order valence-corrected chi connectivity index (χ4v) is 10.5. The Morgan fingerprint density at radius 2 is 0.754 bits per heavy atom. The zero-order valence-corrected chi connectivity index (χ0v) is 36.1. The van der Waals surface area contributed by atoms with Gasteiger partial charge in [0.1, 0.15) is 0 Å². The Bertz CT molecular complexity index is 3460. The van der Waals surface area contributed by atoms with Crippen LogP contribution in [-0.4, -0.2) is 9.97 Å². The van der Waals surface area contributed by atoms with E-state index in [1.807, 2.05) is 23.7 Å². The molecule has 0 bridgehead atoms. The maximum Gasteiger partial charge on any atom is 0.0709 e. The maximum absolute atomic E-state index is 5.17. The van der Waals surface area contributed by atoms with Crippen LogP contribution in [0.4, 0.5) is 34.1 Å². The van der Waals surface area contributed by atoms with Gasteiger partial charge in [-0.15, -0.1) is 11.3 Å². The highest BCUT2D eigenvalue weighted by Crippen LogP contribution is 2.46. The van der Waals surface area contributed by atoms with Gasteiger partial charge in [-0.05, 0) is 112 Å². The minimum absolute atomic E-state index is 0.929. The molecular formula is C60H40N4S. The fraction of sp³-hybridized carbons (Fsp3) is 0. The third-order valence-electron chi connectivity index (χ3n) is 12.3. The molecule has 65 heavy (non-hydrogen) atoms. The van der Waals surface area contributed by atoms with Crippen LogP contribution in [0, 0.1) is 0 Å². The SMILES string of the molecule is c1ccc(N(c2ccc(-c3cccc4ccccc34)nc2)c2cc(-c3cccc4sc5ccccc5c34)cc(N(c3ccccc3)c3ccc(-c4cccc5ccccc45)nc3)c2)cc1. The molecule has 9 aromatic carbocycles. The standard InChI is InChI=1S/C60H40N4S/c1-3-20-44(21-4-1)63(46-32-34-56(61-39-46)53-28-13-18-41-16-7-9-24-50(41)53)48-36-43(52-27-15-31-59-60(52)55-26-11-12-30-58(55)65-59)37-49(38-48)64(45-22-5-2-6-23-45)47-33-35-57(62-40-47)54-29-14-19-42-17-8-10-25-51(42)54/h1-40H. The number of benzene rings is 9. The number of para-hydroxylation sites is 2. The summed E-state index contributed by atoms with van der Waals surface area (Å²) in [6, 6.07) is 82.2. The van der Waals surface area contributed by atoms with Gasteiger partial charge in [-0.3, -0.25) is 9.97 Å². The lowest BCUT2D eigenvalue weighted by atomic mass is 9.97. The van der Waals surface area contributed by atoms with Crippen molar-refractivity contribution in [2.75, 3.05) is 9.80 Å².